The van der Waals surface area contributed by atoms with Crippen molar-refractivity contribution in [3.05, 3.63) is 58.7 Å². The number of aryl methyl sites for hydroxylation is 2. The van der Waals surface area contributed by atoms with Gasteiger partial charge in [0.25, 0.3) is 0 Å². The third-order valence-electron chi connectivity index (χ3n) is 2.98. The Morgan fingerprint density at radius 1 is 1.05 bits per heavy atom. The van der Waals surface area contributed by atoms with Crippen LogP contribution in [0.15, 0.2) is 30.3 Å². The van der Waals surface area contributed by atoms with Gasteiger partial charge in [0.1, 0.15) is 11.6 Å². The Morgan fingerprint density at radius 2 is 1.75 bits per heavy atom. The molecule has 0 aromatic heterocycles. The summed E-state index contributed by atoms with van der Waals surface area (Å²) in [6.45, 7) is 3.12. The van der Waals surface area contributed by atoms with Crippen molar-refractivity contribution in [2.75, 3.05) is 5.32 Å². The third-order valence-corrected chi connectivity index (χ3v) is 2.98. The molecule has 0 aliphatic rings. The van der Waals surface area contributed by atoms with Gasteiger partial charge in [-0.15, -0.1) is 0 Å². The highest BCUT2D eigenvalue weighted by molar-refractivity contribution is 5.90. The molecule has 20 heavy (non-hydrogen) atoms. The maximum absolute atomic E-state index is 13.7. The molecule has 0 spiro atoms. The molecule has 0 aliphatic heterocycles. The first-order valence-corrected chi connectivity index (χ1v) is 5.95. The largest absolute Gasteiger partial charge is 0.478 e. The van der Waals surface area contributed by atoms with E-state index in [-0.39, 0.29) is 16.8 Å². The minimum Gasteiger partial charge on any atom is -0.478 e. The van der Waals surface area contributed by atoms with Crippen molar-refractivity contribution in [2.45, 2.75) is 13.8 Å². The van der Waals surface area contributed by atoms with Gasteiger partial charge in [0.2, 0.25) is 0 Å². The standard InChI is InChI=1S/C15H13F2NO2/c1-8-5-10(3-4-11(8)15(19)20)18-14-7-12(16)9(2)6-13(14)17/h3-7,18H,1-2H3,(H,19,20). The van der Waals surface area contributed by atoms with Crippen molar-refractivity contribution in [1.82, 2.24) is 0 Å². The Balaban J connectivity index is 2.33. The molecule has 0 heterocycles. The molecule has 0 saturated carbocycles. The lowest BCUT2D eigenvalue weighted by Crippen LogP contribution is -2.01. The number of nitrogens with one attached hydrogen (secondary N) is 1. The normalized spacial score (nSPS) is 10.4. The summed E-state index contributed by atoms with van der Waals surface area (Å²) in [5, 5.41) is 11.7. The molecule has 2 N–H and O–H groups in total. The number of hydrogen-bond donors (Lipinski definition) is 2. The molecule has 0 radical (unpaired) electrons. The molecule has 3 nitrogen and oxygen atoms in total. The zero-order valence-corrected chi connectivity index (χ0v) is 11.0. The van der Waals surface area contributed by atoms with Crippen LogP contribution in [0.3, 0.4) is 0 Å². The summed E-state index contributed by atoms with van der Waals surface area (Å²) in [4.78, 5) is 10.9. The number of aromatic carboxylic acids is 1. The summed E-state index contributed by atoms with van der Waals surface area (Å²) < 4.78 is 27.1. The van der Waals surface area contributed by atoms with Crippen molar-refractivity contribution in [1.29, 1.82) is 0 Å². The third kappa shape index (κ3) is 2.77. The van der Waals surface area contributed by atoms with E-state index in [0.717, 1.165) is 12.1 Å². The Kier molecular flexibility index (Phi) is 3.70. The van der Waals surface area contributed by atoms with Gasteiger partial charge in [-0.25, -0.2) is 13.6 Å². The highest BCUT2D eigenvalue weighted by atomic mass is 19.1. The average molecular weight is 277 g/mol. The molecule has 0 saturated heterocycles. The van der Waals surface area contributed by atoms with E-state index in [1.807, 2.05) is 0 Å². The fourth-order valence-corrected chi connectivity index (χ4v) is 1.88. The molecule has 0 bridgehead atoms. The van der Waals surface area contributed by atoms with Crippen molar-refractivity contribution >= 4 is 17.3 Å². The Hall–Kier alpha value is -2.43. The van der Waals surface area contributed by atoms with Crippen LogP contribution in [0.4, 0.5) is 20.2 Å². The number of hydrogen-bond acceptors (Lipinski definition) is 2. The van der Waals surface area contributed by atoms with Gasteiger partial charge < -0.3 is 10.4 Å². The molecular formula is C15H13F2NO2. The van der Waals surface area contributed by atoms with Crippen LogP contribution in [0, 0.1) is 25.5 Å². The number of halogens is 2. The maximum Gasteiger partial charge on any atom is 0.335 e. The van der Waals surface area contributed by atoms with Crippen LogP contribution < -0.4 is 5.32 Å². The van der Waals surface area contributed by atoms with Crippen LogP contribution in [0.2, 0.25) is 0 Å². The van der Waals surface area contributed by atoms with E-state index in [1.54, 1.807) is 13.0 Å². The zero-order valence-electron chi connectivity index (χ0n) is 11.0. The van der Waals surface area contributed by atoms with E-state index in [1.165, 1.54) is 19.1 Å². The topological polar surface area (TPSA) is 49.3 Å². The number of carboxylic acids is 1. The fraction of sp³-hybridized carbons (Fsp3) is 0.133. The predicted molar refractivity (Wildman–Crippen MR) is 72.5 cm³/mol. The molecule has 2 aromatic carbocycles. The van der Waals surface area contributed by atoms with Crippen LogP contribution >= 0.6 is 0 Å². The first-order valence-electron chi connectivity index (χ1n) is 5.95. The first-order chi connectivity index (χ1) is 9.38. The number of rotatable bonds is 3. The van der Waals surface area contributed by atoms with Crippen LogP contribution in [-0.4, -0.2) is 11.1 Å². The fourth-order valence-electron chi connectivity index (χ4n) is 1.88. The van der Waals surface area contributed by atoms with Gasteiger partial charge in [-0.1, -0.05) is 0 Å². The van der Waals surface area contributed by atoms with E-state index in [4.69, 9.17) is 5.11 Å². The van der Waals surface area contributed by atoms with Crippen molar-refractivity contribution in [3.63, 3.8) is 0 Å². The zero-order chi connectivity index (χ0) is 14.9. The Labute approximate surface area is 114 Å². The molecule has 0 atom stereocenters. The van der Waals surface area contributed by atoms with Crippen LogP contribution in [0.1, 0.15) is 21.5 Å². The summed E-state index contributed by atoms with van der Waals surface area (Å²) in [6, 6.07) is 6.68. The predicted octanol–water partition coefficient (Wildman–Crippen LogP) is 4.02. The molecule has 104 valence electrons. The summed E-state index contributed by atoms with van der Waals surface area (Å²) in [5.74, 6) is -2.10. The molecule has 0 aliphatic carbocycles. The van der Waals surface area contributed by atoms with Crippen molar-refractivity contribution < 1.29 is 18.7 Å². The Bertz CT molecular complexity index is 684. The smallest absolute Gasteiger partial charge is 0.335 e. The van der Waals surface area contributed by atoms with E-state index in [0.29, 0.717) is 11.3 Å². The molecule has 2 aromatic rings. The minimum atomic E-state index is -1.03. The van der Waals surface area contributed by atoms with E-state index < -0.39 is 17.6 Å². The monoisotopic (exact) mass is 277 g/mol. The number of anilines is 2. The lowest BCUT2D eigenvalue weighted by molar-refractivity contribution is 0.0696. The second-order valence-corrected chi connectivity index (χ2v) is 4.54. The lowest BCUT2D eigenvalue weighted by Gasteiger charge is -2.10. The van der Waals surface area contributed by atoms with Gasteiger partial charge in [0.05, 0.1) is 11.3 Å². The van der Waals surface area contributed by atoms with E-state index in [2.05, 4.69) is 5.32 Å². The van der Waals surface area contributed by atoms with Gasteiger partial charge in [-0.3, -0.25) is 0 Å². The summed E-state index contributed by atoms with van der Waals surface area (Å²) in [6.07, 6.45) is 0. The average Bonchev–Trinajstić information content (AvgIpc) is 2.35. The molecular weight excluding hydrogens is 264 g/mol. The molecule has 2 rings (SSSR count). The van der Waals surface area contributed by atoms with Gasteiger partial charge >= 0.3 is 5.97 Å². The van der Waals surface area contributed by atoms with Gasteiger partial charge in [-0.2, -0.15) is 0 Å². The minimum absolute atomic E-state index is 0.00979. The van der Waals surface area contributed by atoms with Crippen LogP contribution in [0.25, 0.3) is 0 Å². The first kappa shape index (κ1) is 14.0. The van der Waals surface area contributed by atoms with Crippen molar-refractivity contribution in [3.8, 4) is 0 Å². The number of carbonyl (C=O) groups is 1. The van der Waals surface area contributed by atoms with Crippen LogP contribution in [0.5, 0.6) is 0 Å². The number of benzene rings is 2. The highest BCUT2D eigenvalue weighted by Crippen LogP contribution is 2.24. The lowest BCUT2D eigenvalue weighted by atomic mass is 10.1. The molecule has 0 amide bonds. The van der Waals surface area contributed by atoms with E-state index >= 15 is 0 Å². The molecule has 0 unspecified atom stereocenters. The second kappa shape index (κ2) is 5.28. The molecule has 5 heteroatoms. The van der Waals surface area contributed by atoms with Gasteiger partial charge in [0, 0.05) is 11.8 Å². The molecule has 0 fully saturated rings. The SMILES string of the molecule is Cc1cc(F)c(Nc2ccc(C(=O)O)c(C)c2)cc1F. The van der Waals surface area contributed by atoms with Crippen LogP contribution in [-0.2, 0) is 0 Å². The Morgan fingerprint density at radius 3 is 2.35 bits per heavy atom. The van der Waals surface area contributed by atoms with Gasteiger partial charge in [0.15, 0.2) is 0 Å². The summed E-state index contributed by atoms with van der Waals surface area (Å²) in [5.41, 5.74) is 1.44. The van der Waals surface area contributed by atoms with E-state index in [9.17, 15) is 13.6 Å². The highest BCUT2D eigenvalue weighted by Gasteiger charge is 2.10. The summed E-state index contributed by atoms with van der Waals surface area (Å²) >= 11 is 0. The second-order valence-electron chi connectivity index (χ2n) is 4.54. The summed E-state index contributed by atoms with van der Waals surface area (Å²) in [7, 11) is 0. The maximum atomic E-state index is 13.7. The quantitative estimate of drug-likeness (QED) is 0.890. The van der Waals surface area contributed by atoms with Gasteiger partial charge in [-0.05, 0) is 49.2 Å². The number of carboxylic acid groups (broad SMARTS) is 1. The van der Waals surface area contributed by atoms with Crippen molar-refractivity contribution in [2.24, 2.45) is 0 Å².